The molecule has 0 aromatic rings. The number of carboxylic acid groups (broad SMARTS) is 3. The van der Waals surface area contributed by atoms with Gasteiger partial charge in [0, 0.05) is 19.3 Å². The lowest BCUT2D eigenvalue weighted by molar-refractivity contribution is -0.142. The number of carbonyl (C=O) groups excluding carboxylic acids is 2. The quantitative estimate of drug-likeness (QED) is 0.178. The van der Waals surface area contributed by atoms with E-state index in [0.717, 1.165) is 57.8 Å². The fourth-order valence-electron chi connectivity index (χ4n) is 3.04. The summed E-state index contributed by atoms with van der Waals surface area (Å²) in [6.07, 6.45) is 9.83. The Bertz CT molecular complexity index is 580. The van der Waals surface area contributed by atoms with Gasteiger partial charge in [-0.25, -0.2) is 4.79 Å². The summed E-state index contributed by atoms with van der Waals surface area (Å²) in [4.78, 5) is 55.4. The van der Waals surface area contributed by atoms with Crippen LogP contribution in [0.1, 0.15) is 89.9 Å². The van der Waals surface area contributed by atoms with Gasteiger partial charge in [0.1, 0.15) is 12.6 Å². The Balaban J connectivity index is 3.74. The van der Waals surface area contributed by atoms with Gasteiger partial charge in [-0.2, -0.15) is 0 Å². The standard InChI is InChI=1S/C21H36N2O8/c24-17(22-15-20(28)29)14-13-16(21(30)31)23-18(25)11-9-7-5-3-1-2-4-6-8-10-12-19(26)27/h16H,1-15H2,(H,22,24)(H,23,25)(H,26,27)(H,28,29)(H,30,31). The lowest BCUT2D eigenvalue weighted by atomic mass is 10.0. The maximum Gasteiger partial charge on any atom is 0.326 e. The molecule has 31 heavy (non-hydrogen) atoms. The molecule has 10 nitrogen and oxygen atoms in total. The Morgan fingerprint density at radius 3 is 1.52 bits per heavy atom. The highest BCUT2D eigenvalue weighted by Crippen LogP contribution is 2.12. The van der Waals surface area contributed by atoms with Crippen LogP contribution < -0.4 is 10.6 Å². The molecule has 178 valence electrons. The van der Waals surface area contributed by atoms with Crippen molar-refractivity contribution in [3.05, 3.63) is 0 Å². The van der Waals surface area contributed by atoms with E-state index in [1.807, 2.05) is 0 Å². The predicted octanol–water partition coefficient (Wildman–Crippen LogP) is 2.30. The smallest absolute Gasteiger partial charge is 0.326 e. The van der Waals surface area contributed by atoms with Crippen molar-refractivity contribution in [2.45, 2.75) is 95.9 Å². The van der Waals surface area contributed by atoms with E-state index in [1.165, 1.54) is 0 Å². The van der Waals surface area contributed by atoms with Gasteiger partial charge in [-0.05, 0) is 19.3 Å². The predicted molar refractivity (Wildman–Crippen MR) is 112 cm³/mol. The molecule has 0 rings (SSSR count). The first-order valence-corrected chi connectivity index (χ1v) is 10.9. The molecule has 0 aliphatic heterocycles. The highest BCUT2D eigenvalue weighted by atomic mass is 16.4. The van der Waals surface area contributed by atoms with Crippen molar-refractivity contribution in [3.63, 3.8) is 0 Å². The summed E-state index contributed by atoms with van der Waals surface area (Å²) in [5.41, 5.74) is 0. The van der Waals surface area contributed by atoms with Crippen molar-refractivity contribution >= 4 is 29.7 Å². The second-order valence-corrected chi connectivity index (χ2v) is 7.60. The third-order valence-electron chi connectivity index (χ3n) is 4.77. The molecule has 0 bridgehead atoms. The third kappa shape index (κ3) is 19.1. The summed E-state index contributed by atoms with van der Waals surface area (Å²) in [5.74, 6) is -4.12. The molecule has 1 atom stereocenters. The maximum absolute atomic E-state index is 11.9. The summed E-state index contributed by atoms with van der Waals surface area (Å²) in [7, 11) is 0. The molecule has 0 aromatic carbocycles. The van der Waals surface area contributed by atoms with E-state index in [1.54, 1.807) is 0 Å². The van der Waals surface area contributed by atoms with E-state index in [-0.39, 0.29) is 31.6 Å². The zero-order chi connectivity index (χ0) is 23.5. The van der Waals surface area contributed by atoms with Crippen LogP contribution in [0.2, 0.25) is 0 Å². The topological polar surface area (TPSA) is 170 Å². The van der Waals surface area contributed by atoms with Gasteiger partial charge in [0.05, 0.1) is 0 Å². The van der Waals surface area contributed by atoms with Gasteiger partial charge in [0.25, 0.3) is 0 Å². The molecule has 0 spiro atoms. The Labute approximate surface area is 182 Å². The molecule has 2 amide bonds. The molecule has 0 radical (unpaired) electrons. The average molecular weight is 445 g/mol. The van der Waals surface area contributed by atoms with Crippen LogP contribution in [0.25, 0.3) is 0 Å². The minimum Gasteiger partial charge on any atom is -0.481 e. The highest BCUT2D eigenvalue weighted by molar-refractivity contribution is 5.85. The van der Waals surface area contributed by atoms with E-state index in [9.17, 15) is 29.1 Å². The van der Waals surface area contributed by atoms with Crippen LogP contribution in [0.3, 0.4) is 0 Å². The fraction of sp³-hybridized carbons (Fsp3) is 0.762. The van der Waals surface area contributed by atoms with Crippen LogP contribution in [0.4, 0.5) is 0 Å². The summed E-state index contributed by atoms with van der Waals surface area (Å²) >= 11 is 0. The molecular weight excluding hydrogens is 408 g/mol. The molecule has 0 saturated heterocycles. The number of amides is 2. The Morgan fingerprint density at radius 1 is 0.581 bits per heavy atom. The average Bonchev–Trinajstić information content (AvgIpc) is 2.69. The molecule has 5 N–H and O–H groups in total. The molecule has 10 heteroatoms. The monoisotopic (exact) mass is 444 g/mol. The molecule has 1 unspecified atom stereocenters. The molecule has 0 aromatic heterocycles. The van der Waals surface area contributed by atoms with E-state index >= 15 is 0 Å². The molecule has 0 aliphatic rings. The van der Waals surface area contributed by atoms with Crippen LogP contribution in [0.5, 0.6) is 0 Å². The van der Waals surface area contributed by atoms with E-state index in [0.29, 0.717) is 6.42 Å². The van der Waals surface area contributed by atoms with E-state index < -0.39 is 36.4 Å². The Kier molecular flexibility index (Phi) is 16.6. The SMILES string of the molecule is O=C(O)CCCCCCCCCCCCC(=O)NC(CCC(=O)NCC(=O)O)C(=O)O. The van der Waals surface area contributed by atoms with Crippen LogP contribution in [-0.4, -0.2) is 57.6 Å². The fourth-order valence-corrected chi connectivity index (χ4v) is 3.04. The van der Waals surface area contributed by atoms with Gasteiger partial charge >= 0.3 is 17.9 Å². The van der Waals surface area contributed by atoms with Crippen molar-refractivity contribution in [3.8, 4) is 0 Å². The lowest BCUT2D eigenvalue weighted by Crippen LogP contribution is -2.41. The van der Waals surface area contributed by atoms with Crippen LogP contribution >= 0.6 is 0 Å². The van der Waals surface area contributed by atoms with Crippen LogP contribution in [-0.2, 0) is 24.0 Å². The van der Waals surface area contributed by atoms with Gasteiger partial charge in [-0.15, -0.1) is 0 Å². The minimum atomic E-state index is -1.23. The first-order valence-electron chi connectivity index (χ1n) is 10.9. The molecule has 0 fully saturated rings. The second-order valence-electron chi connectivity index (χ2n) is 7.60. The largest absolute Gasteiger partial charge is 0.481 e. The molecule has 0 heterocycles. The number of carbonyl (C=O) groups is 5. The molecule has 0 saturated carbocycles. The van der Waals surface area contributed by atoms with Crippen LogP contribution in [0, 0.1) is 0 Å². The third-order valence-corrected chi connectivity index (χ3v) is 4.77. The molecule has 0 aliphatic carbocycles. The van der Waals surface area contributed by atoms with Gasteiger partial charge in [0.15, 0.2) is 0 Å². The van der Waals surface area contributed by atoms with E-state index in [2.05, 4.69) is 10.6 Å². The van der Waals surface area contributed by atoms with Crippen molar-refractivity contribution < 1.29 is 39.3 Å². The van der Waals surface area contributed by atoms with Gasteiger partial charge in [-0.3, -0.25) is 19.2 Å². The lowest BCUT2D eigenvalue weighted by Gasteiger charge is -2.14. The summed E-state index contributed by atoms with van der Waals surface area (Å²) < 4.78 is 0. The van der Waals surface area contributed by atoms with Gasteiger partial charge in [0.2, 0.25) is 11.8 Å². The highest BCUT2D eigenvalue weighted by Gasteiger charge is 2.20. The number of hydrogen-bond donors (Lipinski definition) is 5. The van der Waals surface area contributed by atoms with Crippen molar-refractivity contribution in [2.24, 2.45) is 0 Å². The number of carboxylic acids is 3. The maximum atomic E-state index is 11.9. The van der Waals surface area contributed by atoms with Crippen molar-refractivity contribution in [1.29, 1.82) is 0 Å². The van der Waals surface area contributed by atoms with Gasteiger partial charge < -0.3 is 26.0 Å². The Hall–Kier alpha value is -2.65. The number of hydrogen-bond acceptors (Lipinski definition) is 5. The number of nitrogens with one attached hydrogen (secondary N) is 2. The summed E-state index contributed by atoms with van der Waals surface area (Å²) in [5, 5.41) is 30.8. The van der Waals surface area contributed by atoms with E-state index in [4.69, 9.17) is 10.2 Å². The Morgan fingerprint density at radius 2 is 1.06 bits per heavy atom. The van der Waals surface area contributed by atoms with Crippen LogP contribution in [0.15, 0.2) is 0 Å². The first-order chi connectivity index (χ1) is 14.7. The van der Waals surface area contributed by atoms with Crippen molar-refractivity contribution in [1.82, 2.24) is 10.6 Å². The molecular formula is C21H36N2O8. The number of rotatable bonds is 20. The van der Waals surface area contributed by atoms with Crippen molar-refractivity contribution in [2.75, 3.05) is 6.54 Å². The summed E-state index contributed by atoms with van der Waals surface area (Å²) in [6.45, 7) is -0.532. The minimum absolute atomic E-state index is 0.108. The summed E-state index contributed by atoms with van der Waals surface area (Å²) in [6, 6.07) is -1.18. The first kappa shape index (κ1) is 28.4. The normalized spacial score (nSPS) is 11.5. The zero-order valence-electron chi connectivity index (χ0n) is 18.1. The van der Waals surface area contributed by atoms with Gasteiger partial charge in [-0.1, -0.05) is 51.4 Å². The number of aliphatic carboxylic acids is 3. The number of unbranched alkanes of at least 4 members (excludes halogenated alkanes) is 9. The zero-order valence-corrected chi connectivity index (χ0v) is 18.1. The second kappa shape index (κ2) is 18.1.